The molecule has 0 radical (unpaired) electrons. The molecule has 0 heterocycles. The number of rotatable bonds is 17. The summed E-state index contributed by atoms with van der Waals surface area (Å²) in [5, 5.41) is 19.0. The van der Waals surface area contributed by atoms with Crippen LogP contribution in [0.15, 0.2) is 0 Å². The van der Waals surface area contributed by atoms with Crippen LogP contribution in [-0.2, 0) is 9.53 Å². The molecule has 1 unspecified atom stereocenters. The Labute approximate surface area is 140 Å². The zero-order chi connectivity index (χ0) is 17.2. The van der Waals surface area contributed by atoms with E-state index in [1.165, 1.54) is 0 Å². The molecule has 0 aromatic heterocycles. The maximum absolute atomic E-state index is 11.0. The maximum atomic E-state index is 11.0. The largest absolute Gasteiger partial charge is 0.367 e. The van der Waals surface area contributed by atoms with Crippen molar-refractivity contribution >= 4 is 5.91 Å². The zero-order valence-corrected chi connectivity index (χ0v) is 15.0. The van der Waals surface area contributed by atoms with E-state index in [-0.39, 0.29) is 12.1 Å². The van der Waals surface area contributed by atoms with Crippen LogP contribution in [0.2, 0.25) is 0 Å². The molecular weight excluding hydrogens is 296 g/mol. The number of hydrogen-bond acceptors (Lipinski definition) is 7. The Kier molecular flexibility index (Phi) is 17.0. The van der Waals surface area contributed by atoms with Gasteiger partial charge in [0.1, 0.15) is 6.23 Å². The minimum absolute atomic E-state index is 0.0759. The van der Waals surface area contributed by atoms with Crippen molar-refractivity contribution < 1.29 is 9.53 Å². The van der Waals surface area contributed by atoms with Gasteiger partial charge in [0.15, 0.2) is 0 Å². The van der Waals surface area contributed by atoms with Crippen LogP contribution >= 0.6 is 0 Å². The van der Waals surface area contributed by atoms with Crippen LogP contribution in [0.1, 0.15) is 12.8 Å². The predicted octanol–water partition coefficient (Wildman–Crippen LogP) is -1.94. The number of hydrogen-bond donors (Lipinski definition) is 6. The van der Waals surface area contributed by atoms with E-state index in [0.717, 1.165) is 58.8 Å². The topological polar surface area (TPSA) is 98.5 Å². The molecule has 0 aliphatic rings. The summed E-state index contributed by atoms with van der Waals surface area (Å²) < 4.78 is 5.22. The van der Waals surface area contributed by atoms with Gasteiger partial charge in [-0.25, -0.2) is 0 Å². The number of carbonyl (C=O) groups excluding carboxylic acids is 1. The lowest BCUT2D eigenvalue weighted by Crippen LogP contribution is -2.36. The van der Waals surface area contributed by atoms with E-state index in [1.807, 2.05) is 7.05 Å². The molecule has 0 aliphatic heterocycles. The lowest BCUT2D eigenvalue weighted by molar-refractivity contribution is -0.120. The van der Waals surface area contributed by atoms with E-state index < -0.39 is 0 Å². The molecule has 0 bridgehead atoms. The summed E-state index contributed by atoms with van der Waals surface area (Å²) in [6, 6.07) is 0. The van der Waals surface area contributed by atoms with Crippen molar-refractivity contribution in [2.24, 2.45) is 0 Å². The number of amides is 1. The van der Waals surface area contributed by atoms with E-state index in [9.17, 15) is 4.79 Å². The highest BCUT2D eigenvalue weighted by atomic mass is 16.5. The Balaban J connectivity index is 3.09. The Morgan fingerprint density at radius 3 is 1.74 bits per heavy atom. The maximum Gasteiger partial charge on any atom is 0.221 e. The third kappa shape index (κ3) is 15.9. The molecule has 0 rings (SSSR count). The Morgan fingerprint density at radius 1 is 0.826 bits per heavy atom. The molecule has 0 saturated heterocycles. The van der Waals surface area contributed by atoms with Gasteiger partial charge in [0.25, 0.3) is 0 Å². The first kappa shape index (κ1) is 22.2. The third-order valence-corrected chi connectivity index (χ3v) is 3.43. The molecule has 0 saturated carbocycles. The van der Waals surface area contributed by atoms with Gasteiger partial charge in [-0.2, -0.15) is 0 Å². The molecule has 0 spiro atoms. The Bertz CT molecular complexity index is 264. The third-order valence-electron chi connectivity index (χ3n) is 3.43. The second-order valence-electron chi connectivity index (χ2n) is 5.22. The predicted molar refractivity (Wildman–Crippen MR) is 94.6 cm³/mol. The molecular formula is C15H36N6O2. The van der Waals surface area contributed by atoms with Crippen molar-refractivity contribution in [1.82, 2.24) is 31.9 Å². The summed E-state index contributed by atoms with van der Waals surface area (Å²) in [6.45, 7) is 7.29. The van der Waals surface area contributed by atoms with Gasteiger partial charge in [-0.3, -0.25) is 10.1 Å². The summed E-state index contributed by atoms with van der Waals surface area (Å²) >= 11 is 0. The average molecular weight is 332 g/mol. The summed E-state index contributed by atoms with van der Waals surface area (Å²) in [5.74, 6) is 0.0759. The van der Waals surface area contributed by atoms with Crippen molar-refractivity contribution in [3.63, 3.8) is 0 Å². The fraction of sp³-hybridized carbons (Fsp3) is 0.933. The van der Waals surface area contributed by atoms with Gasteiger partial charge >= 0.3 is 0 Å². The molecule has 1 amide bonds. The van der Waals surface area contributed by atoms with E-state index in [0.29, 0.717) is 6.42 Å². The van der Waals surface area contributed by atoms with Crippen LogP contribution < -0.4 is 31.9 Å². The Hall–Kier alpha value is -0.770. The molecule has 0 aromatic rings. The lowest BCUT2D eigenvalue weighted by atomic mass is 10.3. The fourth-order valence-electron chi connectivity index (χ4n) is 1.97. The summed E-state index contributed by atoms with van der Waals surface area (Å²) in [4.78, 5) is 11.0. The van der Waals surface area contributed by atoms with Gasteiger partial charge in [-0.1, -0.05) is 0 Å². The quantitative estimate of drug-likeness (QED) is 0.136. The molecule has 6 N–H and O–H groups in total. The molecule has 8 heteroatoms. The second-order valence-corrected chi connectivity index (χ2v) is 5.22. The van der Waals surface area contributed by atoms with Crippen molar-refractivity contribution in [2.45, 2.75) is 19.1 Å². The summed E-state index contributed by atoms with van der Waals surface area (Å²) in [5.41, 5.74) is 0. The second kappa shape index (κ2) is 17.6. The molecule has 23 heavy (non-hydrogen) atoms. The van der Waals surface area contributed by atoms with Crippen LogP contribution in [-0.4, -0.2) is 85.7 Å². The van der Waals surface area contributed by atoms with E-state index >= 15 is 0 Å². The van der Waals surface area contributed by atoms with Gasteiger partial charge < -0.3 is 31.3 Å². The van der Waals surface area contributed by atoms with E-state index in [2.05, 4.69) is 31.9 Å². The molecule has 0 fully saturated rings. The highest BCUT2D eigenvalue weighted by Gasteiger charge is 2.01. The first-order valence-corrected chi connectivity index (χ1v) is 8.48. The lowest BCUT2D eigenvalue weighted by Gasteiger charge is -2.14. The van der Waals surface area contributed by atoms with Gasteiger partial charge in [0.05, 0.1) is 0 Å². The minimum atomic E-state index is 0.0759. The zero-order valence-electron chi connectivity index (χ0n) is 15.0. The molecule has 0 aliphatic carbocycles. The minimum Gasteiger partial charge on any atom is -0.367 e. The Morgan fingerprint density at radius 2 is 1.30 bits per heavy atom. The van der Waals surface area contributed by atoms with Crippen LogP contribution in [0, 0.1) is 0 Å². The fourth-order valence-corrected chi connectivity index (χ4v) is 1.97. The summed E-state index contributed by atoms with van der Waals surface area (Å²) in [6.07, 6.45) is 1.62. The van der Waals surface area contributed by atoms with Gasteiger partial charge in [-0.05, 0) is 20.0 Å². The summed E-state index contributed by atoms with van der Waals surface area (Å²) in [7, 11) is 5.28. The van der Waals surface area contributed by atoms with Gasteiger partial charge in [0, 0.05) is 66.4 Å². The van der Waals surface area contributed by atoms with E-state index in [4.69, 9.17) is 4.74 Å². The number of methoxy groups -OCH3 is 1. The van der Waals surface area contributed by atoms with Gasteiger partial charge in [0.2, 0.25) is 5.91 Å². The molecule has 138 valence electrons. The van der Waals surface area contributed by atoms with Crippen molar-refractivity contribution in [3.8, 4) is 0 Å². The highest BCUT2D eigenvalue weighted by Crippen LogP contribution is 1.88. The molecule has 1 atom stereocenters. The molecule has 0 aromatic carbocycles. The van der Waals surface area contributed by atoms with E-state index in [1.54, 1.807) is 14.2 Å². The number of nitrogens with one attached hydrogen (secondary N) is 6. The standard InChI is InChI=1S/C15H36N6O2/c1-16-14(22)4-6-18-8-10-20-12-13-21-11-9-19-7-5-15(17-2)23-3/h15,17-21H,4-13H2,1-3H3,(H,16,22). The van der Waals surface area contributed by atoms with Gasteiger partial charge in [-0.15, -0.1) is 0 Å². The van der Waals surface area contributed by atoms with Crippen molar-refractivity contribution in [2.75, 3.05) is 73.6 Å². The van der Waals surface area contributed by atoms with Crippen molar-refractivity contribution in [1.29, 1.82) is 0 Å². The van der Waals surface area contributed by atoms with Crippen molar-refractivity contribution in [3.05, 3.63) is 0 Å². The smallest absolute Gasteiger partial charge is 0.221 e. The first-order chi connectivity index (χ1) is 11.2. The van der Waals surface area contributed by atoms with Crippen LogP contribution in [0.5, 0.6) is 0 Å². The SMILES string of the molecule is CNC(=O)CCNCCNCCNCCNCCC(NC)OC. The first-order valence-electron chi connectivity index (χ1n) is 8.48. The normalized spacial score (nSPS) is 12.3. The average Bonchev–Trinajstić information content (AvgIpc) is 2.58. The highest BCUT2D eigenvalue weighted by molar-refractivity contribution is 5.75. The van der Waals surface area contributed by atoms with Crippen LogP contribution in [0.25, 0.3) is 0 Å². The van der Waals surface area contributed by atoms with Crippen LogP contribution in [0.3, 0.4) is 0 Å². The molecule has 8 nitrogen and oxygen atoms in total. The number of ether oxygens (including phenoxy) is 1. The monoisotopic (exact) mass is 332 g/mol. The number of carbonyl (C=O) groups is 1. The van der Waals surface area contributed by atoms with Crippen LogP contribution in [0.4, 0.5) is 0 Å².